The molecule has 0 radical (unpaired) electrons. The molecule has 0 aliphatic heterocycles. The second-order valence-electron chi connectivity index (χ2n) is 4.20. The third-order valence-electron chi connectivity index (χ3n) is 2.34. The van der Waals surface area contributed by atoms with Crippen molar-refractivity contribution >= 4 is 33.2 Å². The van der Waals surface area contributed by atoms with Crippen LogP contribution in [0.4, 0.5) is 0 Å². The second-order valence-corrected chi connectivity index (χ2v) is 6.06. The summed E-state index contributed by atoms with van der Waals surface area (Å²) in [5.41, 5.74) is 5.63. The largest absolute Gasteiger partial charge is 0.481 e. The summed E-state index contributed by atoms with van der Waals surface area (Å²) in [6, 6.07) is 1.70. The molecule has 84 valence electrons. The fourth-order valence-corrected chi connectivity index (χ4v) is 3.03. The van der Waals surface area contributed by atoms with E-state index in [2.05, 4.69) is 15.9 Å². The maximum Gasteiger partial charge on any atom is 0.303 e. The first-order valence-corrected chi connectivity index (χ1v) is 6.21. The molecule has 1 atom stereocenters. The van der Waals surface area contributed by atoms with Gasteiger partial charge in [0.25, 0.3) is 0 Å². The van der Waals surface area contributed by atoms with E-state index < -0.39 is 11.4 Å². The summed E-state index contributed by atoms with van der Waals surface area (Å²) in [5, 5.41) is 10.7. The van der Waals surface area contributed by atoms with Crippen molar-refractivity contribution in [2.75, 3.05) is 0 Å². The number of nitrogens with two attached hydrogens (primary N) is 1. The molecule has 0 saturated carbocycles. The van der Waals surface area contributed by atoms with Crippen molar-refractivity contribution in [2.24, 2.45) is 11.1 Å². The van der Waals surface area contributed by atoms with Crippen molar-refractivity contribution in [1.82, 2.24) is 0 Å². The Balaban J connectivity index is 2.83. The average molecular weight is 292 g/mol. The molecule has 0 fully saturated rings. The van der Waals surface area contributed by atoms with Gasteiger partial charge in [-0.15, -0.1) is 11.3 Å². The summed E-state index contributed by atoms with van der Waals surface area (Å²) in [5.74, 6) is -0.814. The van der Waals surface area contributed by atoms with Crippen LogP contribution >= 0.6 is 27.3 Å². The fraction of sp³-hybridized carbons (Fsp3) is 0.500. The van der Waals surface area contributed by atoms with Gasteiger partial charge in [-0.1, -0.05) is 13.8 Å². The van der Waals surface area contributed by atoms with Gasteiger partial charge in [0.15, 0.2) is 0 Å². The third-order valence-corrected chi connectivity index (χ3v) is 4.12. The number of thiophene rings is 1. The topological polar surface area (TPSA) is 63.3 Å². The second kappa shape index (κ2) is 4.63. The standard InChI is InChI=1S/C10H14BrNO2S/c1-10(2,4-8(13)14)9(12)7-3-6(11)5-15-7/h3,5,9H,4,12H2,1-2H3,(H,13,14). The lowest BCUT2D eigenvalue weighted by Gasteiger charge is -2.29. The lowest BCUT2D eigenvalue weighted by atomic mass is 9.81. The highest BCUT2D eigenvalue weighted by Crippen LogP contribution is 2.38. The van der Waals surface area contributed by atoms with E-state index in [-0.39, 0.29) is 12.5 Å². The zero-order chi connectivity index (χ0) is 11.6. The molecule has 5 heteroatoms. The van der Waals surface area contributed by atoms with E-state index in [0.717, 1.165) is 9.35 Å². The van der Waals surface area contributed by atoms with Crippen molar-refractivity contribution in [3.63, 3.8) is 0 Å². The number of rotatable bonds is 4. The summed E-state index contributed by atoms with van der Waals surface area (Å²) >= 11 is 4.90. The van der Waals surface area contributed by atoms with Gasteiger partial charge in [-0.25, -0.2) is 0 Å². The van der Waals surface area contributed by atoms with E-state index in [1.165, 1.54) is 0 Å². The van der Waals surface area contributed by atoms with Crippen molar-refractivity contribution < 1.29 is 9.90 Å². The fourth-order valence-electron chi connectivity index (χ4n) is 1.38. The van der Waals surface area contributed by atoms with Crippen LogP contribution < -0.4 is 5.73 Å². The van der Waals surface area contributed by atoms with Crippen LogP contribution in [0.1, 0.15) is 31.2 Å². The average Bonchev–Trinajstić information content (AvgIpc) is 2.48. The molecule has 0 bridgehead atoms. The summed E-state index contributed by atoms with van der Waals surface area (Å²) in [6.45, 7) is 3.75. The van der Waals surface area contributed by atoms with Crippen molar-refractivity contribution in [3.05, 3.63) is 20.8 Å². The number of hydrogen-bond acceptors (Lipinski definition) is 3. The number of halogens is 1. The molecule has 0 aliphatic rings. The van der Waals surface area contributed by atoms with Gasteiger partial charge in [0.05, 0.1) is 6.42 Å². The third kappa shape index (κ3) is 3.29. The zero-order valence-corrected chi connectivity index (χ0v) is 11.1. The molecule has 0 amide bonds. The normalized spacial score (nSPS) is 13.9. The van der Waals surface area contributed by atoms with Gasteiger partial charge in [0, 0.05) is 20.8 Å². The Morgan fingerprint density at radius 1 is 1.73 bits per heavy atom. The number of carboxylic acids is 1. The Hall–Kier alpha value is -0.390. The van der Waals surface area contributed by atoms with Crippen LogP contribution in [-0.4, -0.2) is 11.1 Å². The zero-order valence-electron chi connectivity index (χ0n) is 8.66. The van der Waals surface area contributed by atoms with Gasteiger partial charge in [-0.2, -0.15) is 0 Å². The quantitative estimate of drug-likeness (QED) is 0.896. The Morgan fingerprint density at radius 3 is 2.73 bits per heavy atom. The molecule has 15 heavy (non-hydrogen) atoms. The van der Waals surface area contributed by atoms with E-state index in [9.17, 15) is 4.79 Å². The molecule has 1 rings (SSSR count). The summed E-state index contributed by atoms with van der Waals surface area (Å²) in [7, 11) is 0. The molecule has 3 N–H and O–H groups in total. The highest BCUT2D eigenvalue weighted by molar-refractivity contribution is 9.10. The predicted molar refractivity (Wildman–Crippen MR) is 65.0 cm³/mol. The maximum absolute atomic E-state index is 10.7. The molecular formula is C10H14BrNO2S. The monoisotopic (exact) mass is 291 g/mol. The summed E-state index contributed by atoms with van der Waals surface area (Å²) in [6.07, 6.45) is 0.0731. The highest BCUT2D eigenvalue weighted by Gasteiger charge is 2.31. The molecule has 1 aromatic heterocycles. The van der Waals surface area contributed by atoms with Crippen LogP contribution in [0.2, 0.25) is 0 Å². The van der Waals surface area contributed by atoms with E-state index in [4.69, 9.17) is 10.8 Å². The minimum Gasteiger partial charge on any atom is -0.481 e. The van der Waals surface area contributed by atoms with E-state index in [1.807, 2.05) is 25.3 Å². The van der Waals surface area contributed by atoms with E-state index in [1.54, 1.807) is 11.3 Å². The molecule has 0 aromatic carbocycles. The highest BCUT2D eigenvalue weighted by atomic mass is 79.9. The van der Waals surface area contributed by atoms with Crippen LogP contribution in [0, 0.1) is 5.41 Å². The van der Waals surface area contributed by atoms with Crippen LogP contribution in [-0.2, 0) is 4.79 Å². The van der Waals surface area contributed by atoms with Gasteiger partial charge in [-0.3, -0.25) is 4.79 Å². The molecule has 1 unspecified atom stereocenters. The van der Waals surface area contributed by atoms with E-state index in [0.29, 0.717) is 0 Å². The van der Waals surface area contributed by atoms with Gasteiger partial charge in [0.2, 0.25) is 0 Å². The number of carboxylic acid groups (broad SMARTS) is 1. The number of aliphatic carboxylic acids is 1. The van der Waals surface area contributed by atoms with Gasteiger partial charge in [-0.05, 0) is 27.4 Å². The number of hydrogen-bond donors (Lipinski definition) is 2. The van der Waals surface area contributed by atoms with Crippen molar-refractivity contribution in [1.29, 1.82) is 0 Å². The summed E-state index contributed by atoms with van der Waals surface area (Å²) < 4.78 is 0.990. The molecule has 0 spiro atoms. The lowest BCUT2D eigenvalue weighted by Crippen LogP contribution is -2.30. The van der Waals surface area contributed by atoms with Gasteiger partial charge in [0.1, 0.15) is 0 Å². The Labute approximate surface area is 101 Å². The molecule has 1 aromatic rings. The van der Waals surface area contributed by atoms with Crippen LogP contribution in [0.3, 0.4) is 0 Å². The first kappa shape index (κ1) is 12.7. The molecule has 3 nitrogen and oxygen atoms in total. The SMILES string of the molecule is CC(C)(CC(=O)O)C(N)c1cc(Br)cs1. The van der Waals surface area contributed by atoms with Gasteiger partial charge >= 0.3 is 5.97 Å². The van der Waals surface area contributed by atoms with Crippen molar-refractivity contribution in [2.45, 2.75) is 26.3 Å². The molecule has 0 aliphatic carbocycles. The minimum atomic E-state index is -0.814. The lowest BCUT2D eigenvalue weighted by molar-refractivity contribution is -0.139. The smallest absolute Gasteiger partial charge is 0.303 e. The van der Waals surface area contributed by atoms with Crippen molar-refractivity contribution in [3.8, 4) is 0 Å². The Kier molecular flexibility index (Phi) is 3.92. The van der Waals surface area contributed by atoms with Crippen LogP contribution in [0.15, 0.2) is 15.9 Å². The maximum atomic E-state index is 10.7. The van der Waals surface area contributed by atoms with Crippen LogP contribution in [0.25, 0.3) is 0 Å². The Bertz CT molecular complexity index is 362. The molecule has 0 saturated heterocycles. The van der Waals surface area contributed by atoms with E-state index >= 15 is 0 Å². The van der Waals surface area contributed by atoms with Crippen LogP contribution in [0.5, 0.6) is 0 Å². The first-order chi connectivity index (χ1) is 6.83. The van der Waals surface area contributed by atoms with Gasteiger partial charge < -0.3 is 10.8 Å². The molecule has 1 heterocycles. The summed E-state index contributed by atoms with van der Waals surface area (Å²) in [4.78, 5) is 11.7. The minimum absolute atomic E-state index is 0.0731. The predicted octanol–water partition coefficient (Wildman–Crippen LogP) is 3.01. The Morgan fingerprint density at radius 2 is 2.33 bits per heavy atom. The molecular weight excluding hydrogens is 278 g/mol. The number of carbonyl (C=O) groups is 1. The first-order valence-electron chi connectivity index (χ1n) is 4.54.